The van der Waals surface area contributed by atoms with Crippen molar-refractivity contribution >= 4 is 54.2 Å². The molecule has 0 saturated carbocycles. The second kappa shape index (κ2) is 9.23. The number of anilines is 1. The van der Waals surface area contributed by atoms with Crippen LogP contribution in [0.2, 0.25) is 0 Å². The largest absolute Gasteiger partial charge is 0.376 e. The van der Waals surface area contributed by atoms with Crippen molar-refractivity contribution in [1.29, 1.82) is 0 Å². The molecule has 0 aliphatic carbocycles. The van der Waals surface area contributed by atoms with Crippen molar-refractivity contribution in [2.75, 3.05) is 30.1 Å². The van der Waals surface area contributed by atoms with Gasteiger partial charge in [0, 0.05) is 17.8 Å². The summed E-state index contributed by atoms with van der Waals surface area (Å²) in [5.74, 6) is -0.283. The van der Waals surface area contributed by atoms with Crippen molar-refractivity contribution in [3.8, 4) is 0 Å². The van der Waals surface area contributed by atoms with E-state index >= 15 is 0 Å². The molecular formula is C21H21FN2O4S3. The van der Waals surface area contributed by atoms with Gasteiger partial charge in [0.25, 0.3) is 0 Å². The van der Waals surface area contributed by atoms with E-state index in [0.717, 1.165) is 24.0 Å². The molecule has 3 aromatic rings. The van der Waals surface area contributed by atoms with Crippen LogP contribution in [0.3, 0.4) is 0 Å². The van der Waals surface area contributed by atoms with Gasteiger partial charge in [0.05, 0.1) is 33.5 Å². The van der Waals surface area contributed by atoms with E-state index < -0.39 is 9.84 Å². The predicted octanol–water partition coefficient (Wildman–Crippen LogP) is 4.14. The molecule has 2 heterocycles. The number of rotatable bonds is 7. The van der Waals surface area contributed by atoms with Crippen molar-refractivity contribution in [3.05, 3.63) is 48.3 Å². The van der Waals surface area contributed by atoms with E-state index in [0.29, 0.717) is 28.5 Å². The van der Waals surface area contributed by atoms with Gasteiger partial charge in [0.15, 0.2) is 15.0 Å². The highest BCUT2D eigenvalue weighted by molar-refractivity contribution is 8.00. The topological polar surface area (TPSA) is 76.6 Å². The van der Waals surface area contributed by atoms with E-state index in [-0.39, 0.29) is 28.5 Å². The molecular weight excluding hydrogens is 459 g/mol. The lowest BCUT2D eigenvalue weighted by atomic mass is 10.2. The Morgan fingerprint density at radius 2 is 2.06 bits per heavy atom. The van der Waals surface area contributed by atoms with Gasteiger partial charge in [-0.2, -0.15) is 0 Å². The third kappa shape index (κ3) is 5.43. The van der Waals surface area contributed by atoms with E-state index in [2.05, 4.69) is 4.98 Å². The van der Waals surface area contributed by atoms with Gasteiger partial charge in [-0.15, -0.1) is 11.8 Å². The highest BCUT2D eigenvalue weighted by Crippen LogP contribution is 2.32. The first-order valence-electron chi connectivity index (χ1n) is 9.70. The number of carbonyl (C=O) groups is 1. The molecule has 6 nitrogen and oxygen atoms in total. The molecule has 1 aliphatic heterocycles. The lowest BCUT2D eigenvalue weighted by Gasteiger charge is -2.23. The second-order valence-electron chi connectivity index (χ2n) is 7.28. The smallest absolute Gasteiger partial charge is 0.239 e. The quantitative estimate of drug-likeness (QED) is 0.473. The summed E-state index contributed by atoms with van der Waals surface area (Å²) in [6.45, 7) is 1.07. The maximum absolute atomic E-state index is 13.1. The number of sulfone groups is 1. The molecule has 0 radical (unpaired) electrons. The molecule has 1 aliphatic rings. The Hall–Kier alpha value is -2.01. The summed E-state index contributed by atoms with van der Waals surface area (Å²) in [7, 11) is -3.33. The number of amides is 1. The number of nitrogens with zero attached hydrogens (tertiary/aromatic N) is 2. The summed E-state index contributed by atoms with van der Waals surface area (Å²) in [6, 6.07) is 10.8. The number of thioether (sulfide) groups is 1. The lowest BCUT2D eigenvalue weighted by Crippen LogP contribution is -2.38. The van der Waals surface area contributed by atoms with Crippen molar-refractivity contribution < 1.29 is 22.3 Å². The minimum atomic E-state index is -3.33. The van der Waals surface area contributed by atoms with Crippen LogP contribution in [0.25, 0.3) is 10.2 Å². The molecule has 1 amide bonds. The van der Waals surface area contributed by atoms with Crippen LogP contribution >= 0.6 is 23.1 Å². The van der Waals surface area contributed by atoms with E-state index in [1.165, 1.54) is 41.3 Å². The van der Waals surface area contributed by atoms with Crippen LogP contribution in [0.4, 0.5) is 9.52 Å². The zero-order chi connectivity index (χ0) is 22.0. The van der Waals surface area contributed by atoms with Crippen LogP contribution in [0.1, 0.15) is 12.8 Å². The molecule has 2 aromatic carbocycles. The normalized spacial score (nSPS) is 16.6. The Kier molecular flexibility index (Phi) is 6.61. The zero-order valence-corrected chi connectivity index (χ0v) is 19.2. The zero-order valence-electron chi connectivity index (χ0n) is 16.8. The molecule has 0 spiro atoms. The molecule has 10 heteroatoms. The van der Waals surface area contributed by atoms with E-state index in [4.69, 9.17) is 4.74 Å². The fraction of sp³-hybridized carbons (Fsp3) is 0.333. The Balaban J connectivity index is 1.59. The van der Waals surface area contributed by atoms with Gasteiger partial charge in [0.1, 0.15) is 5.82 Å². The van der Waals surface area contributed by atoms with Gasteiger partial charge < -0.3 is 4.74 Å². The van der Waals surface area contributed by atoms with Gasteiger partial charge in [-0.3, -0.25) is 9.69 Å². The molecule has 1 atom stereocenters. The Morgan fingerprint density at radius 3 is 2.74 bits per heavy atom. The summed E-state index contributed by atoms with van der Waals surface area (Å²) in [6.07, 6.45) is 2.93. The monoisotopic (exact) mass is 480 g/mol. The van der Waals surface area contributed by atoms with Gasteiger partial charge >= 0.3 is 0 Å². The van der Waals surface area contributed by atoms with Crippen molar-refractivity contribution in [2.24, 2.45) is 0 Å². The molecule has 1 fully saturated rings. The first kappa shape index (κ1) is 22.2. The number of hydrogen-bond acceptors (Lipinski definition) is 7. The highest BCUT2D eigenvalue weighted by Gasteiger charge is 2.26. The summed E-state index contributed by atoms with van der Waals surface area (Å²) in [5.41, 5.74) is 0.642. The second-order valence-corrected chi connectivity index (χ2v) is 11.4. The number of ether oxygens (including phenoxy) is 1. The maximum Gasteiger partial charge on any atom is 0.239 e. The fourth-order valence-electron chi connectivity index (χ4n) is 3.27. The fourth-order valence-corrected chi connectivity index (χ4v) is 5.80. The van der Waals surface area contributed by atoms with Crippen LogP contribution < -0.4 is 4.90 Å². The van der Waals surface area contributed by atoms with Gasteiger partial charge in [-0.05, 0) is 55.3 Å². The van der Waals surface area contributed by atoms with E-state index in [9.17, 15) is 17.6 Å². The third-order valence-corrected chi connectivity index (χ3v) is 8.04. The lowest BCUT2D eigenvalue weighted by molar-refractivity contribution is -0.116. The first-order chi connectivity index (χ1) is 14.8. The molecule has 0 bridgehead atoms. The van der Waals surface area contributed by atoms with Gasteiger partial charge in [-0.25, -0.2) is 17.8 Å². The van der Waals surface area contributed by atoms with Crippen LogP contribution in [-0.4, -0.2) is 50.6 Å². The summed E-state index contributed by atoms with van der Waals surface area (Å²) >= 11 is 2.62. The van der Waals surface area contributed by atoms with Crippen molar-refractivity contribution in [3.63, 3.8) is 0 Å². The Bertz CT molecular complexity index is 1190. The van der Waals surface area contributed by atoms with Crippen LogP contribution in [0.5, 0.6) is 0 Å². The Morgan fingerprint density at radius 1 is 1.29 bits per heavy atom. The molecule has 31 heavy (non-hydrogen) atoms. The highest BCUT2D eigenvalue weighted by atomic mass is 32.2. The van der Waals surface area contributed by atoms with E-state index in [1.807, 2.05) is 0 Å². The molecule has 164 valence electrons. The summed E-state index contributed by atoms with van der Waals surface area (Å²) in [4.78, 5) is 20.3. The number of hydrogen-bond donors (Lipinski definition) is 0. The van der Waals surface area contributed by atoms with Crippen LogP contribution in [0, 0.1) is 5.82 Å². The molecule has 1 unspecified atom stereocenters. The number of halogens is 1. The molecule has 1 aromatic heterocycles. The average molecular weight is 481 g/mol. The molecule has 0 N–H and O–H groups in total. The summed E-state index contributed by atoms with van der Waals surface area (Å²) < 4.78 is 43.3. The van der Waals surface area contributed by atoms with Crippen molar-refractivity contribution in [1.82, 2.24) is 4.98 Å². The SMILES string of the molecule is CS(=O)(=O)c1ccc2nc(N(CC3CCCO3)C(=O)CSc3ccc(F)cc3)sc2c1. The number of benzene rings is 2. The summed E-state index contributed by atoms with van der Waals surface area (Å²) in [5, 5.41) is 0.515. The third-order valence-electron chi connectivity index (χ3n) is 4.89. The minimum absolute atomic E-state index is 0.0571. The van der Waals surface area contributed by atoms with E-state index in [1.54, 1.807) is 29.2 Å². The van der Waals surface area contributed by atoms with Crippen LogP contribution in [-0.2, 0) is 19.4 Å². The van der Waals surface area contributed by atoms with Gasteiger partial charge in [0.2, 0.25) is 5.91 Å². The van der Waals surface area contributed by atoms with Gasteiger partial charge in [-0.1, -0.05) is 11.3 Å². The molecule has 1 saturated heterocycles. The number of carbonyl (C=O) groups excluding carboxylic acids is 1. The number of thiazole rings is 1. The first-order valence-corrected chi connectivity index (χ1v) is 13.4. The van der Waals surface area contributed by atoms with Crippen molar-refractivity contribution in [2.45, 2.75) is 28.7 Å². The minimum Gasteiger partial charge on any atom is -0.376 e. The number of fused-ring (bicyclic) bond motifs is 1. The molecule has 4 rings (SSSR count). The number of aromatic nitrogens is 1. The average Bonchev–Trinajstić information content (AvgIpc) is 3.39. The standard InChI is InChI=1S/C21H21FN2O4S3/c1-31(26,27)17-8-9-18-19(11-17)30-21(23-18)24(12-15-3-2-10-28-15)20(25)13-29-16-6-4-14(22)5-7-16/h4-9,11,15H,2-3,10,12-13H2,1H3. The Labute approximate surface area is 188 Å². The predicted molar refractivity (Wildman–Crippen MR) is 121 cm³/mol. The maximum atomic E-state index is 13.1. The van der Waals surface area contributed by atoms with Crippen LogP contribution in [0.15, 0.2) is 52.3 Å².